The molecule has 0 bridgehead atoms. The molecule has 0 N–H and O–H groups in total. The zero-order chi connectivity index (χ0) is 16.5. The number of thiazole rings is 1. The molecule has 0 fully saturated rings. The fraction of sp³-hybridized carbons (Fsp3) is 0. The minimum atomic E-state index is -0.446. The summed E-state index contributed by atoms with van der Waals surface area (Å²) in [6, 6.07) is 32.3. The predicted molar refractivity (Wildman–Crippen MR) is 107 cm³/mol. The summed E-state index contributed by atoms with van der Waals surface area (Å²) in [6.45, 7) is 0. The lowest BCUT2D eigenvalue weighted by molar-refractivity contribution is 1.43. The Hall–Kier alpha value is -2.28. The second kappa shape index (κ2) is 9.12. The van der Waals surface area contributed by atoms with Crippen LogP contribution in [0.1, 0.15) is 0 Å². The quantitative estimate of drug-likeness (QED) is 0.494. The molecule has 0 aliphatic rings. The molecule has 118 valence electrons. The van der Waals surface area contributed by atoms with Crippen LogP contribution in [0, 0.1) is 0 Å². The monoisotopic (exact) mass is 347 g/mol. The summed E-state index contributed by atoms with van der Waals surface area (Å²) < 4.78 is 0. The van der Waals surface area contributed by atoms with E-state index >= 15 is 0 Å². The first-order chi connectivity index (χ1) is 11.9. The minimum Gasteiger partial charge on any atom is -0.253 e. The van der Waals surface area contributed by atoms with Crippen molar-refractivity contribution < 1.29 is 0 Å². The van der Waals surface area contributed by atoms with Crippen LogP contribution in [-0.4, -0.2) is 4.98 Å². The van der Waals surface area contributed by atoms with Gasteiger partial charge in [-0.3, -0.25) is 4.98 Å². The third-order valence-corrected chi connectivity index (χ3v) is 6.36. The van der Waals surface area contributed by atoms with Gasteiger partial charge in [-0.1, -0.05) is 91.0 Å². The molecule has 0 saturated heterocycles. The van der Waals surface area contributed by atoms with Crippen molar-refractivity contribution in [3.63, 3.8) is 0 Å². The maximum Gasteiger partial charge on any atom is 0.0791 e. The Kier molecular flexibility index (Phi) is 6.30. The molecule has 24 heavy (non-hydrogen) atoms. The Morgan fingerprint density at radius 1 is 0.583 bits per heavy atom. The summed E-state index contributed by atoms with van der Waals surface area (Å²) in [5, 5.41) is 6.12. The van der Waals surface area contributed by atoms with Gasteiger partial charge in [0.15, 0.2) is 0 Å². The SMILES string of the molecule is c1ccc(P(c2ccccc2)c2ccccc2)cc1.c1cscn1. The predicted octanol–water partition coefficient (Wildman–Crippen LogP) is 4.59. The van der Waals surface area contributed by atoms with Crippen LogP contribution in [-0.2, 0) is 0 Å². The zero-order valence-corrected chi connectivity index (χ0v) is 14.9. The Balaban J connectivity index is 0.000000290. The van der Waals surface area contributed by atoms with Crippen LogP contribution in [0.4, 0.5) is 0 Å². The molecule has 1 nitrogen and oxygen atoms in total. The molecule has 0 unspecified atom stereocenters. The summed E-state index contributed by atoms with van der Waals surface area (Å²) in [4.78, 5) is 3.74. The number of aromatic nitrogens is 1. The first kappa shape index (κ1) is 16.6. The summed E-state index contributed by atoms with van der Waals surface area (Å²) >= 11 is 1.60. The number of rotatable bonds is 3. The van der Waals surface area contributed by atoms with Gasteiger partial charge >= 0.3 is 0 Å². The molecule has 0 aliphatic heterocycles. The summed E-state index contributed by atoms with van der Waals surface area (Å²) in [6.07, 6.45) is 1.77. The van der Waals surface area contributed by atoms with Crippen LogP contribution < -0.4 is 15.9 Å². The fourth-order valence-corrected chi connectivity index (χ4v) is 5.01. The van der Waals surface area contributed by atoms with Gasteiger partial charge in [0.05, 0.1) is 5.51 Å². The highest BCUT2D eigenvalue weighted by Gasteiger charge is 2.14. The number of hydrogen-bond acceptors (Lipinski definition) is 2. The standard InChI is InChI=1S/C18H15P.C3H3NS/c1-4-10-16(11-5-1)19(17-12-6-2-7-13-17)18-14-8-3-9-15-18;1-2-5-3-4-1/h1-15H;1-3H. The lowest BCUT2D eigenvalue weighted by atomic mass is 10.4. The van der Waals surface area contributed by atoms with Crippen LogP contribution in [0.2, 0.25) is 0 Å². The topological polar surface area (TPSA) is 12.9 Å². The molecule has 3 aromatic carbocycles. The molecular formula is C21H18NPS. The van der Waals surface area contributed by atoms with Crippen molar-refractivity contribution in [3.8, 4) is 0 Å². The first-order valence-electron chi connectivity index (χ1n) is 7.72. The molecule has 0 aliphatic carbocycles. The van der Waals surface area contributed by atoms with Gasteiger partial charge in [-0.2, -0.15) is 0 Å². The number of hydrogen-bond donors (Lipinski definition) is 0. The Labute approximate surface area is 148 Å². The molecule has 0 radical (unpaired) electrons. The van der Waals surface area contributed by atoms with Gasteiger partial charge in [-0.25, -0.2) is 0 Å². The van der Waals surface area contributed by atoms with Crippen molar-refractivity contribution in [2.75, 3.05) is 0 Å². The second-order valence-electron chi connectivity index (χ2n) is 5.02. The molecule has 1 aromatic heterocycles. The van der Waals surface area contributed by atoms with E-state index in [1.165, 1.54) is 15.9 Å². The molecular weight excluding hydrogens is 329 g/mol. The molecule has 3 heteroatoms. The largest absolute Gasteiger partial charge is 0.253 e. The van der Waals surface area contributed by atoms with Gasteiger partial charge in [-0.15, -0.1) is 11.3 Å². The van der Waals surface area contributed by atoms with Gasteiger partial charge in [0.2, 0.25) is 0 Å². The maximum atomic E-state index is 3.74. The van der Waals surface area contributed by atoms with Crippen LogP contribution in [0.15, 0.2) is 108 Å². The lowest BCUT2D eigenvalue weighted by Crippen LogP contribution is -2.20. The minimum absolute atomic E-state index is 0.446. The van der Waals surface area contributed by atoms with Gasteiger partial charge in [0.1, 0.15) is 0 Å². The Bertz CT molecular complexity index is 691. The summed E-state index contributed by atoms with van der Waals surface area (Å²) in [5.74, 6) is 0. The van der Waals surface area contributed by atoms with E-state index in [-0.39, 0.29) is 0 Å². The Morgan fingerprint density at radius 2 is 1.00 bits per heavy atom. The van der Waals surface area contributed by atoms with E-state index in [1.807, 2.05) is 5.38 Å². The molecule has 1 heterocycles. The average molecular weight is 347 g/mol. The van der Waals surface area contributed by atoms with E-state index < -0.39 is 7.92 Å². The van der Waals surface area contributed by atoms with Crippen molar-refractivity contribution >= 4 is 35.2 Å². The third-order valence-electron chi connectivity index (χ3n) is 3.39. The van der Waals surface area contributed by atoms with E-state index in [1.54, 1.807) is 23.0 Å². The fourth-order valence-electron chi connectivity index (χ4n) is 2.35. The smallest absolute Gasteiger partial charge is 0.0791 e. The summed E-state index contributed by atoms with van der Waals surface area (Å²) in [5.41, 5.74) is 1.79. The normalized spacial score (nSPS) is 10.0. The lowest BCUT2D eigenvalue weighted by Gasteiger charge is -2.18. The molecule has 0 saturated carbocycles. The van der Waals surface area contributed by atoms with E-state index in [0.29, 0.717) is 0 Å². The van der Waals surface area contributed by atoms with E-state index in [0.717, 1.165) is 0 Å². The molecule has 0 spiro atoms. The number of nitrogens with zero attached hydrogens (tertiary/aromatic N) is 1. The van der Waals surface area contributed by atoms with Crippen LogP contribution in [0.5, 0.6) is 0 Å². The van der Waals surface area contributed by atoms with Crippen LogP contribution in [0.25, 0.3) is 0 Å². The Morgan fingerprint density at radius 3 is 1.25 bits per heavy atom. The number of benzene rings is 3. The average Bonchev–Trinajstić information content (AvgIpc) is 3.25. The highest BCUT2D eigenvalue weighted by Crippen LogP contribution is 2.32. The van der Waals surface area contributed by atoms with E-state index in [2.05, 4.69) is 96.0 Å². The molecule has 4 aromatic rings. The highest BCUT2D eigenvalue weighted by molar-refractivity contribution is 7.79. The van der Waals surface area contributed by atoms with Crippen molar-refractivity contribution in [3.05, 3.63) is 108 Å². The molecule has 4 rings (SSSR count). The van der Waals surface area contributed by atoms with E-state index in [9.17, 15) is 0 Å². The zero-order valence-electron chi connectivity index (χ0n) is 13.2. The maximum absolute atomic E-state index is 3.74. The van der Waals surface area contributed by atoms with Crippen LogP contribution >= 0.6 is 19.3 Å². The molecule has 0 amide bonds. The van der Waals surface area contributed by atoms with Crippen molar-refractivity contribution in [1.82, 2.24) is 4.98 Å². The van der Waals surface area contributed by atoms with Gasteiger partial charge in [-0.05, 0) is 23.8 Å². The van der Waals surface area contributed by atoms with Crippen molar-refractivity contribution in [2.24, 2.45) is 0 Å². The summed E-state index contributed by atoms with van der Waals surface area (Å²) in [7, 11) is -0.446. The first-order valence-corrected chi connectivity index (χ1v) is 10.0. The highest BCUT2D eigenvalue weighted by atomic mass is 32.1. The third kappa shape index (κ3) is 4.61. The van der Waals surface area contributed by atoms with Gasteiger partial charge < -0.3 is 0 Å². The van der Waals surface area contributed by atoms with Crippen LogP contribution in [0.3, 0.4) is 0 Å². The van der Waals surface area contributed by atoms with Crippen molar-refractivity contribution in [2.45, 2.75) is 0 Å². The van der Waals surface area contributed by atoms with Gasteiger partial charge in [0, 0.05) is 11.6 Å². The second-order valence-corrected chi connectivity index (χ2v) is 7.99. The van der Waals surface area contributed by atoms with Crippen molar-refractivity contribution in [1.29, 1.82) is 0 Å². The van der Waals surface area contributed by atoms with Gasteiger partial charge in [0.25, 0.3) is 0 Å². The van der Waals surface area contributed by atoms with E-state index in [4.69, 9.17) is 0 Å². The molecule has 0 atom stereocenters.